The first-order valence-corrected chi connectivity index (χ1v) is 8.68. The van der Waals surface area contributed by atoms with E-state index < -0.39 is 5.97 Å². The lowest BCUT2D eigenvalue weighted by Crippen LogP contribution is -2.12. The molecule has 3 N–H and O–H groups in total. The van der Waals surface area contributed by atoms with Crippen LogP contribution in [0.1, 0.15) is 26.4 Å². The van der Waals surface area contributed by atoms with Crippen molar-refractivity contribution < 1.29 is 14.7 Å². The van der Waals surface area contributed by atoms with Crippen LogP contribution in [0, 0.1) is 6.92 Å². The maximum atomic E-state index is 12.6. The van der Waals surface area contributed by atoms with Crippen molar-refractivity contribution in [3.63, 3.8) is 0 Å². The summed E-state index contributed by atoms with van der Waals surface area (Å²) in [6.45, 7) is 1.68. The van der Waals surface area contributed by atoms with Crippen LogP contribution in [0.2, 0.25) is 0 Å². The number of carbonyl (C=O) groups is 2. The fourth-order valence-electron chi connectivity index (χ4n) is 2.93. The van der Waals surface area contributed by atoms with Gasteiger partial charge in [0.2, 0.25) is 0 Å². The normalized spacial score (nSPS) is 10.7. The monoisotopic (exact) mass is 388 g/mol. The largest absolute Gasteiger partial charge is 0.478 e. The summed E-state index contributed by atoms with van der Waals surface area (Å²) in [6.07, 6.45) is 2.72. The number of hydrogen-bond acceptors (Lipinski definition) is 5. The Morgan fingerprint density at radius 1 is 1.14 bits per heavy atom. The summed E-state index contributed by atoms with van der Waals surface area (Å²) in [4.78, 5) is 27.8. The minimum absolute atomic E-state index is 0.137. The molecule has 0 unspecified atom stereocenters. The number of carbonyl (C=O) groups excluding carboxylic acids is 1. The van der Waals surface area contributed by atoms with Crippen molar-refractivity contribution in [1.29, 1.82) is 0 Å². The molecule has 4 rings (SSSR count). The lowest BCUT2D eigenvalue weighted by molar-refractivity contribution is 0.0696. The Bertz CT molecular complexity index is 1180. The first kappa shape index (κ1) is 18.1. The van der Waals surface area contributed by atoms with E-state index in [1.165, 1.54) is 17.2 Å². The molecule has 4 aromatic rings. The molecule has 1 amide bonds. The number of aromatic carboxylic acids is 1. The highest BCUT2D eigenvalue weighted by Crippen LogP contribution is 2.20. The van der Waals surface area contributed by atoms with Crippen LogP contribution in [0.15, 0.2) is 61.1 Å². The van der Waals surface area contributed by atoms with Gasteiger partial charge in [-0.05, 0) is 43.3 Å². The molecule has 2 aromatic carbocycles. The van der Waals surface area contributed by atoms with E-state index in [9.17, 15) is 9.59 Å². The minimum Gasteiger partial charge on any atom is -0.478 e. The smallest absolute Gasteiger partial charge is 0.339 e. The van der Waals surface area contributed by atoms with Crippen molar-refractivity contribution in [2.24, 2.45) is 0 Å². The number of nitrogens with zero attached hydrogens (tertiary/aromatic N) is 4. The molecule has 0 atom stereocenters. The van der Waals surface area contributed by atoms with Gasteiger partial charge in [0, 0.05) is 16.8 Å². The number of rotatable bonds is 5. The van der Waals surface area contributed by atoms with Gasteiger partial charge in [0.05, 0.1) is 17.6 Å². The Hall–Kier alpha value is -4.27. The highest BCUT2D eigenvalue weighted by atomic mass is 16.4. The molecule has 0 saturated heterocycles. The second-order valence-electron chi connectivity index (χ2n) is 6.28. The molecule has 0 spiro atoms. The van der Waals surface area contributed by atoms with Gasteiger partial charge in [0.1, 0.15) is 11.9 Å². The van der Waals surface area contributed by atoms with Gasteiger partial charge in [-0.25, -0.2) is 14.5 Å². The first-order chi connectivity index (χ1) is 14.0. The molecule has 9 heteroatoms. The van der Waals surface area contributed by atoms with Crippen molar-refractivity contribution in [3.8, 4) is 17.1 Å². The lowest BCUT2D eigenvalue weighted by atomic mass is 10.1. The van der Waals surface area contributed by atoms with Gasteiger partial charge in [0.15, 0.2) is 5.82 Å². The Labute approximate surface area is 165 Å². The van der Waals surface area contributed by atoms with Crippen LogP contribution < -0.4 is 5.32 Å². The van der Waals surface area contributed by atoms with Gasteiger partial charge < -0.3 is 10.4 Å². The van der Waals surface area contributed by atoms with Gasteiger partial charge in [0.25, 0.3) is 5.91 Å². The highest BCUT2D eigenvalue weighted by Gasteiger charge is 2.14. The van der Waals surface area contributed by atoms with Crippen LogP contribution in [0.5, 0.6) is 0 Å². The molecule has 2 aromatic heterocycles. The summed E-state index contributed by atoms with van der Waals surface area (Å²) >= 11 is 0. The van der Waals surface area contributed by atoms with E-state index in [4.69, 9.17) is 5.11 Å². The Balaban J connectivity index is 1.52. The predicted molar refractivity (Wildman–Crippen MR) is 105 cm³/mol. The van der Waals surface area contributed by atoms with Crippen LogP contribution in [0.25, 0.3) is 17.1 Å². The molecule has 0 saturated carbocycles. The quantitative estimate of drug-likeness (QED) is 0.483. The number of carboxylic acid groups (broad SMARTS) is 1. The average molecular weight is 388 g/mol. The zero-order chi connectivity index (χ0) is 20.4. The zero-order valence-corrected chi connectivity index (χ0v) is 15.3. The number of hydrogen-bond donors (Lipinski definition) is 3. The maximum absolute atomic E-state index is 12.6. The number of anilines is 1. The summed E-state index contributed by atoms with van der Waals surface area (Å²) in [5.74, 6) is -0.687. The number of amides is 1. The van der Waals surface area contributed by atoms with E-state index >= 15 is 0 Å². The Morgan fingerprint density at radius 2 is 1.93 bits per heavy atom. The molecule has 0 aliphatic carbocycles. The van der Waals surface area contributed by atoms with Crippen molar-refractivity contribution >= 4 is 17.6 Å². The van der Waals surface area contributed by atoms with Crippen LogP contribution in [0.3, 0.4) is 0 Å². The predicted octanol–water partition coefficient (Wildman–Crippen LogP) is 2.92. The molecule has 144 valence electrons. The Morgan fingerprint density at radius 3 is 2.59 bits per heavy atom. The second kappa shape index (κ2) is 7.39. The second-order valence-corrected chi connectivity index (χ2v) is 6.28. The molecule has 0 radical (unpaired) electrons. The number of aromatic nitrogens is 5. The number of nitrogens with one attached hydrogen (secondary N) is 2. The molecule has 29 heavy (non-hydrogen) atoms. The van der Waals surface area contributed by atoms with E-state index in [-0.39, 0.29) is 11.5 Å². The molecule has 0 aliphatic rings. The van der Waals surface area contributed by atoms with Gasteiger partial charge in [-0.15, -0.1) is 0 Å². The van der Waals surface area contributed by atoms with E-state index in [2.05, 4.69) is 25.6 Å². The molecule has 0 aliphatic heterocycles. The summed E-state index contributed by atoms with van der Waals surface area (Å²) in [6, 6.07) is 14.0. The number of carboxylic acids is 1. The number of H-pyrrole nitrogens is 1. The summed E-state index contributed by atoms with van der Waals surface area (Å²) < 4.78 is 1.52. The number of aromatic amines is 1. The maximum Gasteiger partial charge on any atom is 0.339 e. The summed E-state index contributed by atoms with van der Waals surface area (Å²) in [5.41, 5.74) is 3.21. The van der Waals surface area contributed by atoms with Crippen molar-refractivity contribution in [2.45, 2.75) is 6.92 Å². The third-order valence-electron chi connectivity index (χ3n) is 4.42. The van der Waals surface area contributed by atoms with Gasteiger partial charge in [-0.1, -0.05) is 12.1 Å². The summed E-state index contributed by atoms with van der Waals surface area (Å²) in [5, 5.41) is 22.7. The molecule has 0 bridgehead atoms. The van der Waals surface area contributed by atoms with Gasteiger partial charge in [-0.3, -0.25) is 9.89 Å². The molecular formula is C20H16N6O3. The van der Waals surface area contributed by atoms with E-state index in [0.717, 1.165) is 5.56 Å². The van der Waals surface area contributed by atoms with Crippen LogP contribution in [-0.2, 0) is 0 Å². The van der Waals surface area contributed by atoms with E-state index in [1.807, 2.05) is 12.1 Å². The van der Waals surface area contributed by atoms with E-state index in [1.54, 1.807) is 43.3 Å². The standard InChI is InChI=1S/C20H16N6O3/c1-12-17(20(28)29)10-23-26(12)16-7-5-13(6-8-16)19(27)24-15-4-2-3-14(9-15)18-21-11-22-25-18/h2-11H,1H3,(H,24,27)(H,28,29)(H,21,22,25). The van der Waals surface area contributed by atoms with Crippen LogP contribution in [-0.4, -0.2) is 41.9 Å². The highest BCUT2D eigenvalue weighted by molar-refractivity contribution is 6.04. The molecular weight excluding hydrogens is 372 g/mol. The minimum atomic E-state index is -1.03. The zero-order valence-electron chi connectivity index (χ0n) is 15.3. The molecule has 2 heterocycles. The van der Waals surface area contributed by atoms with E-state index in [0.29, 0.717) is 28.5 Å². The van der Waals surface area contributed by atoms with Gasteiger partial charge in [-0.2, -0.15) is 10.2 Å². The summed E-state index contributed by atoms with van der Waals surface area (Å²) in [7, 11) is 0. The topological polar surface area (TPSA) is 126 Å². The third kappa shape index (κ3) is 3.61. The SMILES string of the molecule is Cc1c(C(=O)O)cnn1-c1ccc(C(=O)Nc2cccc(-c3ncn[nH]3)c2)cc1. The van der Waals surface area contributed by atoms with Gasteiger partial charge >= 0.3 is 5.97 Å². The van der Waals surface area contributed by atoms with Crippen molar-refractivity contribution in [1.82, 2.24) is 25.0 Å². The van der Waals surface area contributed by atoms with Crippen LogP contribution >= 0.6 is 0 Å². The average Bonchev–Trinajstić information content (AvgIpc) is 3.38. The molecule has 0 fully saturated rings. The first-order valence-electron chi connectivity index (χ1n) is 8.68. The number of benzene rings is 2. The van der Waals surface area contributed by atoms with Crippen LogP contribution in [0.4, 0.5) is 5.69 Å². The Kier molecular flexibility index (Phi) is 4.62. The molecule has 9 nitrogen and oxygen atoms in total. The lowest BCUT2D eigenvalue weighted by Gasteiger charge is -2.08. The van der Waals surface area contributed by atoms with Crippen molar-refractivity contribution in [2.75, 3.05) is 5.32 Å². The fourth-order valence-corrected chi connectivity index (χ4v) is 2.93. The van der Waals surface area contributed by atoms with Crippen molar-refractivity contribution in [3.05, 3.63) is 77.9 Å². The fraction of sp³-hybridized carbons (Fsp3) is 0.0500. The third-order valence-corrected chi connectivity index (χ3v) is 4.42.